The molecule has 0 radical (unpaired) electrons. The van der Waals surface area contributed by atoms with Crippen LogP contribution in [-0.2, 0) is 0 Å². The Morgan fingerprint density at radius 3 is 2.38 bits per heavy atom. The molecular weight excluding hydrogens is 268 g/mol. The van der Waals surface area contributed by atoms with Crippen molar-refractivity contribution in [2.75, 3.05) is 42.2 Å². The second-order valence-corrected chi connectivity index (χ2v) is 6.01. The van der Waals surface area contributed by atoms with Gasteiger partial charge in [0.25, 0.3) is 0 Å². The summed E-state index contributed by atoms with van der Waals surface area (Å²) in [6, 6.07) is 0. The van der Waals surface area contributed by atoms with Crippen LogP contribution in [0.1, 0.15) is 38.5 Å². The molecule has 0 atom stereocenters. The summed E-state index contributed by atoms with van der Waals surface area (Å²) < 4.78 is 0. The molecule has 0 amide bonds. The van der Waals surface area contributed by atoms with Gasteiger partial charge in [-0.1, -0.05) is 0 Å². The van der Waals surface area contributed by atoms with Gasteiger partial charge in [-0.25, -0.2) is 0 Å². The summed E-state index contributed by atoms with van der Waals surface area (Å²) in [6.07, 6.45) is 6.44. The zero-order valence-electron chi connectivity index (χ0n) is 12.6. The molecule has 1 aromatic rings. The van der Waals surface area contributed by atoms with E-state index in [0.717, 1.165) is 38.3 Å². The summed E-state index contributed by atoms with van der Waals surface area (Å²) in [7, 11) is 1.80. The maximum atomic E-state index is 10.2. The number of nitrogens with zero attached hydrogens (tertiary/aromatic N) is 4. The summed E-state index contributed by atoms with van der Waals surface area (Å²) >= 11 is 0. The SMILES string of the molecule is CNc1nc(NCC2(O)CCC2)nc(N2CCCCC2)n1. The molecule has 0 aromatic carbocycles. The Labute approximate surface area is 125 Å². The molecular formula is C14H24N6O. The van der Waals surface area contributed by atoms with E-state index in [4.69, 9.17) is 0 Å². The largest absolute Gasteiger partial charge is 0.388 e. The number of aliphatic hydroxyl groups is 1. The normalized spacial score (nSPS) is 20.8. The van der Waals surface area contributed by atoms with Gasteiger partial charge < -0.3 is 20.6 Å². The molecule has 1 saturated heterocycles. The van der Waals surface area contributed by atoms with Crippen LogP contribution in [-0.4, -0.2) is 52.3 Å². The maximum Gasteiger partial charge on any atom is 0.231 e. The number of rotatable bonds is 5. The smallest absolute Gasteiger partial charge is 0.231 e. The van der Waals surface area contributed by atoms with E-state index in [-0.39, 0.29) is 0 Å². The first-order valence-corrected chi connectivity index (χ1v) is 7.84. The van der Waals surface area contributed by atoms with Crippen molar-refractivity contribution in [2.45, 2.75) is 44.1 Å². The standard InChI is InChI=1S/C14H24N6O/c1-15-11-17-12(16-10-14(21)6-5-7-14)19-13(18-11)20-8-3-2-4-9-20/h21H,2-10H2,1H3,(H2,15,16,17,18,19). The number of hydrogen-bond donors (Lipinski definition) is 3. The van der Waals surface area contributed by atoms with E-state index in [1.165, 1.54) is 19.3 Å². The van der Waals surface area contributed by atoms with Crippen molar-refractivity contribution in [3.05, 3.63) is 0 Å². The highest BCUT2D eigenvalue weighted by atomic mass is 16.3. The number of hydrogen-bond acceptors (Lipinski definition) is 7. The van der Waals surface area contributed by atoms with E-state index in [2.05, 4.69) is 30.5 Å². The fraction of sp³-hybridized carbons (Fsp3) is 0.786. The quantitative estimate of drug-likeness (QED) is 0.752. The molecule has 1 saturated carbocycles. The third kappa shape index (κ3) is 3.34. The Morgan fingerprint density at radius 1 is 1.05 bits per heavy atom. The van der Waals surface area contributed by atoms with Gasteiger partial charge in [-0.05, 0) is 38.5 Å². The second-order valence-electron chi connectivity index (χ2n) is 6.01. The molecule has 2 fully saturated rings. The minimum Gasteiger partial charge on any atom is -0.388 e. The number of aromatic nitrogens is 3. The van der Waals surface area contributed by atoms with Crippen LogP contribution in [0.3, 0.4) is 0 Å². The molecule has 2 aliphatic rings. The van der Waals surface area contributed by atoms with Gasteiger partial charge in [0.05, 0.1) is 5.60 Å². The Morgan fingerprint density at radius 2 is 1.76 bits per heavy atom. The van der Waals surface area contributed by atoms with Gasteiger partial charge in [0.15, 0.2) is 0 Å². The van der Waals surface area contributed by atoms with Crippen molar-refractivity contribution >= 4 is 17.8 Å². The monoisotopic (exact) mass is 292 g/mol. The fourth-order valence-corrected chi connectivity index (χ4v) is 2.80. The van der Waals surface area contributed by atoms with Gasteiger partial charge in [0, 0.05) is 26.7 Å². The number of nitrogens with one attached hydrogen (secondary N) is 2. The highest BCUT2D eigenvalue weighted by Crippen LogP contribution is 2.31. The molecule has 1 aromatic heterocycles. The van der Waals surface area contributed by atoms with Crippen LogP contribution in [0.2, 0.25) is 0 Å². The predicted molar refractivity (Wildman–Crippen MR) is 82.7 cm³/mol. The summed E-state index contributed by atoms with van der Waals surface area (Å²) in [6.45, 7) is 2.49. The highest BCUT2D eigenvalue weighted by Gasteiger charge is 2.34. The lowest BCUT2D eigenvalue weighted by atomic mass is 9.80. The summed E-state index contributed by atoms with van der Waals surface area (Å²) in [5.41, 5.74) is -0.586. The van der Waals surface area contributed by atoms with Crippen molar-refractivity contribution in [1.29, 1.82) is 0 Å². The van der Waals surface area contributed by atoms with Crippen molar-refractivity contribution in [3.63, 3.8) is 0 Å². The molecule has 7 heteroatoms. The van der Waals surface area contributed by atoms with E-state index in [0.29, 0.717) is 18.4 Å². The average molecular weight is 292 g/mol. The van der Waals surface area contributed by atoms with Crippen LogP contribution in [0.15, 0.2) is 0 Å². The first-order valence-electron chi connectivity index (χ1n) is 7.84. The molecule has 0 unspecified atom stereocenters. The van der Waals surface area contributed by atoms with Crippen molar-refractivity contribution in [2.24, 2.45) is 0 Å². The lowest BCUT2D eigenvalue weighted by molar-refractivity contribution is -0.0203. The third-order valence-corrected chi connectivity index (χ3v) is 4.35. The zero-order chi connectivity index (χ0) is 14.7. The Kier molecular flexibility index (Phi) is 4.10. The van der Waals surface area contributed by atoms with Crippen LogP contribution in [0.5, 0.6) is 0 Å². The van der Waals surface area contributed by atoms with E-state index >= 15 is 0 Å². The fourth-order valence-electron chi connectivity index (χ4n) is 2.80. The maximum absolute atomic E-state index is 10.2. The summed E-state index contributed by atoms with van der Waals surface area (Å²) in [5, 5.41) is 16.3. The van der Waals surface area contributed by atoms with Gasteiger partial charge >= 0.3 is 0 Å². The summed E-state index contributed by atoms with van der Waals surface area (Å²) in [5.74, 6) is 1.82. The zero-order valence-corrected chi connectivity index (χ0v) is 12.6. The Hall–Kier alpha value is -1.63. The molecule has 1 aliphatic carbocycles. The molecule has 21 heavy (non-hydrogen) atoms. The molecule has 0 spiro atoms. The molecule has 7 nitrogen and oxygen atoms in total. The van der Waals surface area contributed by atoms with Crippen LogP contribution in [0.4, 0.5) is 17.8 Å². The van der Waals surface area contributed by atoms with E-state index < -0.39 is 5.60 Å². The molecule has 3 rings (SSSR count). The molecule has 116 valence electrons. The van der Waals surface area contributed by atoms with Gasteiger partial charge in [-0.2, -0.15) is 15.0 Å². The highest BCUT2D eigenvalue weighted by molar-refractivity contribution is 5.44. The van der Waals surface area contributed by atoms with E-state index in [1.54, 1.807) is 7.05 Å². The first-order chi connectivity index (χ1) is 10.2. The van der Waals surface area contributed by atoms with E-state index in [1.807, 2.05) is 0 Å². The lowest BCUT2D eigenvalue weighted by Crippen LogP contribution is -2.43. The van der Waals surface area contributed by atoms with Gasteiger partial charge in [-0.15, -0.1) is 0 Å². The van der Waals surface area contributed by atoms with Gasteiger partial charge in [0.2, 0.25) is 17.8 Å². The molecule has 3 N–H and O–H groups in total. The number of piperidine rings is 1. The van der Waals surface area contributed by atoms with E-state index in [9.17, 15) is 5.11 Å². The van der Waals surface area contributed by atoms with Crippen molar-refractivity contribution in [3.8, 4) is 0 Å². The minimum absolute atomic E-state index is 0.500. The van der Waals surface area contributed by atoms with Crippen LogP contribution >= 0.6 is 0 Å². The number of anilines is 3. The molecule has 2 heterocycles. The lowest BCUT2D eigenvalue weighted by Gasteiger charge is -2.36. The predicted octanol–water partition coefficient (Wildman–Crippen LogP) is 1.23. The van der Waals surface area contributed by atoms with Gasteiger partial charge in [0.1, 0.15) is 0 Å². The van der Waals surface area contributed by atoms with Crippen molar-refractivity contribution in [1.82, 2.24) is 15.0 Å². The minimum atomic E-state index is -0.586. The van der Waals surface area contributed by atoms with Crippen LogP contribution < -0.4 is 15.5 Å². The third-order valence-electron chi connectivity index (χ3n) is 4.35. The second kappa shape index (κ2) is 6.01. The average Bonchev–Trinajstić information content (AvgIpc) is 2.51. The van der Waals surface area contributed by atoms with Crippen LogP contribution in [0, 0.1) is 0 Å². The molecule has 1 aliphatic heterocycles. The van der Waals surface area contributed by atoms with Crippen molar-refractivity contribution < 1.29 is 5.11 Å². The topological polar surface area (TPSA) is 86.2 Å². The first kappa shape index (κ1) is 14.3. The summed E-state index contributed by atoms with van der Waals surface area (Å²) in [4.78, 5) is 15.5. The van der Waals surface area contributed by atoms with Gasteiger partial charge in [-0.3, -0.25) is 0 Å². The molecule has 0 bridgehead atoms. The van der Waals surface area contributed by atoms with Crippen LogP contribution in [0.25, 0.3) is 0 Å². The Bertz CT molecular complexity index is 484. The Balaban J connectivity index is 1.72.